The van der Waals surface area contributed by atoms with Gasteiger partial charge in [0.15, 0.2) is 0 Å². The quantitative estimate of drug-likeness (QED) is 0.934. The van der Waals surface area contributed by atoms with Gasteiger partial charge >= 0.3 is 0 Å². The molecule has 18 heavy (non-hydrogen) atoms. The van der Waals surface area contributed by atoms with E-state index in [1.807, 2.05) is 38.1 Å². The molecule has 5 heteroatoms. The van der Waals surface area contributed by atoms with E-state index >= 15 is 0 Å². The van der Waals surface area contributed by atoms with Gasteiger partial charge in [0.2, 0.25) is 5.88 Å². The predicted octanol–water partition coefficient (Wildman–Crippen LogP) is 3.77. The number of aromatic nitrogens is 2. The molecule has 0 saturated carbocycles. The molecule has 2 rings (SSSR count). The van der Waals surface area contributed by atoms with E-state index in [1.54, 1.807) is 6.07 Å². The lowest BCUT2D eigenvalue weighted by Crippen LogP contribution is -2.02. The van der Waals surface area contributed by atoms with E-state index in [2.05, 4.69) is 31.2 Å². The fourth-order valence-electron chi connectivity index (χ4n) is 1.49. The minimum Gasteiger partial charge on any atom is -0.439 e. The first-order valence-corrected chi connectivity index (χ1v) is 6.49. The fraction of sp³-hybridized carbons (Fsp3) is 0.231. The zero-order chi connectivity index (χ0) is 13.0. The first-order valence-electron chi connectivity index (χ1n) is 5.70. The van der Waals surface area contributed by atoms with Crippen molar-refractivity contribution >= 4 is 21.7 Å². The smallest absolute Gasteiger partial charge is 0.224 e. The lowest BCUT2D eigenvalue weighted by atomic mass is 10.3. The Morgan fingerprint density at radius 1 is 1.22 bits per heavy atom. The van der Waals surface area contributed by atoms with Gasteiger partial charge in [-0.1, -0.05) is 15.9 Å². The monoisotopic (exact) mass is 307 g/mol. The third kappa shape index (κ3) is 3.43. The maximum Gasteiger partial charge on any atom is 0.224 e. The van der Waals surface area contributed by atoms with Crippen molar-refractivity contribution in [2.24, 2.45) is 0 Å². The number of anilines is 1. The zero-order valence-corrected chi connectivity index (χ0v) is 11.9. The van der Waals surface area contributed by atoms with Crippen molar-refractivity contribution in [2.75, 3.05) is 11.9 Å². The molecule has 0 aliphatic rings. The Morgan fingerprint density at radius 2 is 1.94 bits per heavy atom. The summed E-state index contributed by atoms with van der Waals surface area (Å²) in [5.74, 6) is 2.75. The van der Waals surface area contributed by atoms with Crippen LogP contribution in [0.15, 0.2) is 34.8 Å². The summed E-state index contributed by atoms with van der Waals surface area (Å²) >= 11 is 3.38. The minimum atomic E-state index is 0.542. The second-order valence-corrected chi connectivity index (χ2v) is 4.64. The highest BCUT2D eigenvalue weighted by molar-refractivity contribution is 9.10. The van der Waals surface area contributed by atoms with Gasteiger partial charge in [-0.25, -0.2) is 4.98 Å². The largest absolute Gasteiger partial charge is 0.439 e. The van der Waals surface area contributed by atoms with Crippen LogP contribution in [0.5, 0.6) is 11.6 Å². The number of hydrogen-bond acceptors (Lipinski definition) is 4. The topological polar surface area (TPSA) is 47.0 Å². The van der Waals surface area contributed by atoms with Crippen LogP contribution in [0, 0.1) is 6.92 Å². The summed E-state index contributed by atoms with van der Waals surface area (Å²) in [6.45, 7) is 4.68. The first kappa shape index (κ1) is 12.8. The van der Waals surface area contributed by atoms with Crippen LogP contribution in [-0.4, -0.2) is 16.5 Å². The van der Waals surface area contributed by atoms with Crippen LogP contribution in [0.25, 0.3) is 0 Å². The maximum atomic E-state index is 5.69. The molecule has 0 radical (unpaired) electrons. The molecular weight excluding hydrogens is 294 g/mol. The van der Waals surface area contributed by atoms with E-state index in [0.717, 1.165) is 22.6 Å². The molecule has 1 aromatic carbocycles. The average Bonchev–Trinajstić information content (AvgIpc) is 2.32. The molecule has 0 bridgehead atoms. The maximum absolute atomic E-state index is 5.69. The van der Waals surface area contributed by atoms with Crippen molar-refractivity contribution in [3.63, 3.8) is 0 Å². The van der Waals surface area contributed by atoms with Crippen LogP contribution in [0.2, 0.25) is 0 Å². The van der Waals surface area contributed by atoms with Gasteiger partial charge in [0.25, 0.3) is 0 Å². The standard InChI is InChI=1S/C13H14BrN3O/c1-3-15-12-8-13(17-9(2)16-12)18-11-6-4-10(14)5-7-11/h4-8H,3H2,1-2H3,(H,15,16,17). The summed E-state index contributed by atoms with van der Waals surface area (Å²) in [6, 6.07) is 9.41. The molecule has 1 N–H and O–H groups in total. The number of rotatable bonds is 4. The Labute approximate surface area is 115 Å². The molecule has 2 aromatic rings. The number of halogens is 1. The molecule has 0 atom stereocenters. The van der Waals surface area contributed by atoms with Crippen LogP contribution < -0.4 is 10.1 Å². The van der Waals surface area contributed by atoms with Crippen molar-refractivity contribution in [2.45, 2.75) is 13.8 Å². The van der Waals surface area contributed by atoms with Crippen molar-refractivity contribution in [1.82, 2.24) is 9.97 Å². The van der Waals surface area contributed by atoms with E-state index in [4.69, 9.17) is 4.74 Å². The highest BCUT2D eigenvalue weighted by Crippen LogP contribution is 2.23. The van der Waals surface area contributed by atoms with Crippen molar-refractivity contribution in [1.29, 1.82) is 0 Å². The van der Waals surface area contributed by atoms with Crippen LogP contribution in [0.3, 0.4) is 0 Å². The first-order chi connectivity index (χ1) is 8.67. The Balaban J connectivity index is 2.20. The second-order valence-electron chi connectivity index (χ2n) is 3.72. The molecular formula is C13H14BrN3O. The van der Waals surface area contributed by atoms with Crippen molar-refractivity contribution in [3.05, 3.63) is 40.6 Å². The number of aryl methyl sites for hydroxylation is 1. The van der Waals surface area contributed by atoms with Gasteiger partial charge in [0, 0.05) is 17.1 Å². The Kier molecular flexibility index (Phi) is 4.15. The van der Waals surface area contributed by atoms with Crippen LogP contribution in [0.4, 0.5) is 5.82 Å². The second kappa shape index (κ2) is 5.82. The number of hydrogen-bond donors (Lipinski definition) is 1. The molecule has 0 aliphatic carbocycles. The SMILES string of the molecule is CCNc1cc(Oc2ccc(Br)cc2)nc(C)n1. The van der Waals surface area contributed by atoms with Crippen LogP contribution in [-0.2, 0) is 0 Å². The van der Waals surface area contributed by atoms with Gasteiger partial charge in [-0.15, -0.1) is 0 Å². The summed E-state index contributed by atoms with van der Waals surface area (Å²) < 4.78 is 6.71. The summed E-state index contributed by atoms with van der Waals surface area (Å²) in [4.78, 5) is 8.52. The summed E-state index contributed by atoms with van der Waals surface area (Å²) in [5.41, 5.74) is 0. The van der Waals surface area contributed by atoms with E-state index in [1.165, 1.54) is 0 Å². The van der Waals surface area contributed by atoms with Crippen molar-refractivity contribution in [3.8, 4) is 11.6 Å². The summed E-state index contributed by atoms with van der Waals surface area (Å²) in [6.07, 6.45) is 0. The number of benzene rings is 1. The lowest BCUT2D eigenvalue weighted by molar-refractivity contribution is 0.460. The highest BCUT2D eigenvalue weighted by Gasteiger charge is 2.03. The normalized spacial score (nSPS) is 10.2. The van der Waals surface area contributed by atoms with E-state index < -0.39 is 0 Å². The molecule has 0 fully saturated rings. The zero-order valence-electron chi connectivity index (χ0n) is 10.3. The minimum absolute atomic E-state index is 0.542. The third-order valence-electron chi connectivity index (χ3n) is 2.21. The molecule has 0 amide bonds. The third-order valence-corrected chi connectivity index (χ3v) is 2.74. The number of ether oxygens (including phenoxy) is 1. The molecule has 0 aliphatic heterocycles. The Bertz CT molecular complexity index is 528. The van der Waals surface area contributed by atoms with E-state index in [9.17, 15) is 0 Å². The molecule has 0 spiro atoms. The fourth-order valence-corrected chi connectivity index (χ4v) is 1.75. The summed E-state index contributed by atoms with van der Waals surface area (Å²) in [5, 5.41) is 3.15. The molecule has 1 aromatic heterocycles. The van der Waals surface area contributed by atoms with Gasteiger partial charge in [0.05, 0.1) is 0 Å². The van der Waals surface area contributed by atoms with Gasteiger partial charge in [-0.2, -0.15) is 4.98 Å². The van der Waals surface area contributed by atoms with E-state index in [0.29, 0.717) is 11.7 Å². The Morgan fingerprint density at radius 3 is 2.61 bits per heavy atom. The summed E-state index contributed by atoms with van der Waals surface area (Å²) in [7, 11) is 0. The van der Waals surface area contributed by atoms with Crippen LogP contribution in [0.1, 0.15) is 12.7 Å². The molecule has 0 unspecified atom stereocenters. The number of nitrogens with zero attached hydrogens (tertiary/aromatic N) is 2. The Hall–Kier alpha value is -1.62. The average molecular weight is 308 g/mol. The molecule has 4 nitrogen and oxygen atoms in total. The van der Waals surface area contributed by atoms with E-state index in [-0.39, 0.29) is 0 Å². The molecule has 94 valence electrons. The molecule has 0 saturated heterocycles. The van der Waals surface area contributed by atoms with Gasteiger partial charge in [-0.3, -0.25) is 0 Å². The molecule has 1 heterocycles. The van der Waals surface area contributed by atoms with Gasteiger partial charge < -0.3 is 10.1 Å². The lowest BCUT2D eigenvalue weighted by Gasteiger charge is -2.08. The highest BCUT2D eigenvalue weighted by atomic mass is 79.9. The van der Waals surface area contributed by atoms with Crippen molar-refractivity contribution < 1.29 is 4.74 Å². The van der Waals surface area contributed by atoms with Gasteiger partial charge in [0.1, 0.15) is 17.4 Å². The number of nitrogens with one attached hydrogen (secondary N) is 1. The predicted molar refractivity (Wildman–Crippen MR) is 75.1 cm³/mol. The van der Waals surface area contributed by atoms with Crippen LogP contribution >= 0.6 is 15.9 Å². The van der Waals surface area contributed by atoms with Gasteiger partial charge in [-0.05, 0) is 38.1 Å².